The Bertz CT molecular complexity index is 430. The van der Waals surface area contributed by atoms with Crippen molar-refractivity contribution < 1.29 is 4.79 Å². The number of piperidine rings is 1. The molecule has 1 saturated heterocycles. The highest BCUT2D eigenvalue weighted by atomic mass is 32.2. The van der Waals surface area contributed by atoms with Gasteiger partial charge in [0.15, 0.2) is 0 Å². The first-order valence-corrected chi connectivity index (χ1v) is 9.04. The second-order valence-electron chi connectivity index (χ2n) is 5.83. The van der Waals surface area contributed by atoms with Crippen molar-refractivity contribution in [1.29, 1.82) is 0 Å². The Kier molecular flexibility index (Phi) is 6.58. The van der Waals surface area contributed by atoms with Crippen LogP contribution in [-0.4, -0.2) is 41.9 Å². The molecule has 1 fully saturated rings. The van der Waals surface area contributed by atoms with Crippen LogP contribution in [0.25, 0.3) is 0 Å². The SMILES string of the molecule is CS[C@H](C)C(=O)NCC1CCN(Cc2ccccc2)CC1. The molecule has 0 bridgehead atoms. The van der Waals surface area contributed by atoms with E-state index >= 15 is 0 Å². The maximum Gasteiger partial charge on any atom is 0.232 e. The van der Waals surface area contributed by atoms with Crippen molar-refractivity contribution >= 4 is 17.7 Å². The van der Waals surface area contributed by atoms with Crippen LogP contribution in [0.15, 0.2) is 30.3 Å². The second-order valence-corrected chi connectivity index (χ2v) is 7.01. The molecule has 21 heavy (non-hydrogen) atoms. The summed E-state index contributed by atoms with van der Waals surface area (Å²) >= 11 is 1.60. The lowest BCUT2D eigenvalue weighted by molar-refractivity contribution is -0.120. The van der Waals surface area contributed by atoms with Crippen molar-refractivity contribution in [2.75, 3.05) is 25.9 Å². The summed E-state index contributed by atoms with van der Waals surface area (Å²) in [6.45, 7) is 6.11. The van der Waals surface area contributed by atoms with E-state index in [2.05, 4.69) is 40.5 Å². The molecular weight excluding hydrogens is 280 g/mol. The third-order valence-corrected chi connectivity index (χ3v) is 5.17. The van der Waals surface area contributed by atoms with Crippen LogP contribution in [0.1, 0.15) is 25.3 Å². The van der Waals surface area contributed by atoms with E-state index in [4.69, 9.17) is 0 Å². The molecule has 1 aromatic rings. The zero-order chi connectivity index (χ0) is 15.1. The van der Waals surface area contributed by atoms with Gasteiger partial charge < -0.3 is 5.32 Å². The molecule has 1 aliphatic heterocycles. The van der Waals surface area contributed by atoms with Gasteiger partial charge in [-0.2, -0.15) is 11.8 Å². The second kappa shape index (κ2) is 8.44. The van der Waals surface area contributed by atoms with Gasteiger partial charge in [0.1, 0.15) is 0 Å². The standard InChI is InChI=1S/C17H26N2OS/c1-14(21-2)17(20)18-12-15-8-10-19(11-9-15)13-16-6-4-3-5-7-16/h3-7,14-15H,8-13H2,1-2H3,(H,18,20)/t14-/m1/s1. The van der Waals surface area contributed by atoms with Crippen LogP contribution in [0.3, 0.4) is 0 Å². The van der Waals surface area contributed by atoms with E-state index in [9.17, 15) is 4.79 Å². The van der Waals surface area contributed by atoms with Gasteiger partial charge in [0.05, 0.1) is 5.25 Å². The molecule has 116 valence electrons. The fourth-order valence-electron chi connectivity index (χ4n) is 2.69. The van der Waals surface area contributed by atoms with E-state index < -0.39 is 0 Å². The molecule has 0 aliphatic carbocycles. The molecule has 2 rings (SSSR count). The summed E-state index contributed by atoms with van der Waals surface area (Å²) < 4.78 is 0. The third-order valence-electron chi connectivity index (χ3n) is 4.24. The highest BCUT2D eigenvalue weighted by molar-refractivity contribution is 7.99. The monoisotopic (exact) mass is 306 g/mol. The molecule has 1 N–H and O–H groups in total. The zero-order valence-electron chi connectivity index (χ0n) is 13.0. The highest BCUT2D eigenvalue weighted by Gasteiger charge is 2.20. The van der Waals surface area contributed by atoms with Gasteiger partial charge >= 0.3 is 0 Å². The number of hydrogen-bond donors (Lipinski definition) is 1. The molecule has 0 radical (unpaired) electrons. The van der Waals surface area contributed by atoms with Gasteiger partial charge in [-0.05, 0) is 50.6 Å². The number of thioether (sulfide) groups is 1. The normalized spacial score (nSPS) is 18.4. The minimum absolute atomic E-state index is 0.0585. The lowest BCUT2D eigenvalue weighted by atomic mass is 9.96. The molecule has 1 heterocycles. The zero-order valence-corrected chi connectivity index (χ0v) is 13.9. The van der Waals surface area contributed by atoms with Crippen LogP contribution in [0, 0.1) is 5.92 Å². The molecule has 1 aliphatic rings. The highest BCUT2D eigenvalue weighted by Crippen LogP contribution is 2.18. The van der Waals surface area contributed by atoms with E-state index in [1.54, 1.807) is 11.8 Å². The molecule has 4 heteroatoms. The van der Waals surface area contributed by atoms with Crippen molar-refractivity contribution in [3.8, 4) is 0 Å². The Morgan fingerprint density at radius 2 is 2.00 bits per heavy atom. The first-order valence-electron chi connectivity index (χ1n) is 7.76. The molecule has 0 unspecified atom stereocenters. The topological polar surface area (TPSA) is 32.3 Å². The summed E-state index contributed by atoms with van der Waals surface area (Å²) in [4.78, 5) is 14.3. The molecule has 3 nitrogen and oxygen atoms in total. The predicted molar refractivity (Wildman–Crippen MR) is 90.4 cm³/mol. The fraction of sp³-hybridized carbons (Fsp3) is 0.588. The van der Waals surface area contributed by atoms with Crippen LogP contribution >= 0.6 is 11.8 Å². The maximum atomic E-state index is 11.8. The average molecular weight is 306 g/mol. The number of rotatable bonds is 6. The Hall–Kier alpha value is -1.00. The van der Waals surface area contributed by atoms with Gasteiger partial charge in [0.25, 0.3) is 0 Å². The first-order chi connectivity index (χ1) is 10.2. The largest absolute Gasteiger partial charge is 0.355 e. The van der Waals surface area contributed by atoms with Gasteiger partial charge in [0.2, 0.25) is 5.91 Å². The van der Waals surface area contributed by atoms with Gasteiger partial charge in [-0.25, -0.2) is 0 Å². The Morgan fingerprint density at radius 3 is 2.62 bits per heavy atom. The molecule has 0 saturated carbocycles. The summed E-state index contributed by atoms with van der Waals surface area (Å²) in [7, 11) is 0. The van der Waals surface area contributed by atoms with Crippen LogP contribution < -0.4 is 5.32 Å². The van der Waals surface area contributed by atoms with Crippen molar-refractivity contribution in [3.05, 3.63) is 35.9 Å². The first kappa shape index (κ1) is 16.4. The van der Waals surface area contributed by atoms with Gasteiger partial charge in [-0.15, -0.1) is 0 Å². The maximum absolute atomic E-state index is 11.8. The number of nitrogens with one attached hydrogen (secondary N) is 1. The smallest absolute Gasteiger partial charge is 0.232 e. The Labute approximate surface area is 132 Å². The number of carbonyl (C=O) groups excluding carboxylic acids is 1. The number of nitrogens with zero attached hydrogens (tertiary/aromatic N) is 1. The number of hydrogen-bond acceptors (Lipinski definition) is 3. The predicted octanol–water partition coefficient (Wildman–Crippen LogP) is 2.77. The minimum atomic E-state index is 0.0585. The number of likely N-dealkylation sites (tertiary alicyclic amines) is 1. The molecular formula is C17H26N2OS. The molecule has 0 aromatic heterocycles. The summed E-state index contributed by atoms with van der Waals surface area (Å²) in [6, 6.07) is 10.6. The summed E-state index contributed by atoms with van der Waals surface area (Å²) in [5.74, 6) is 0.809. The van der Waals surface area contributed by atoms with Crippen LogP contribution in [0.2, 0.25) is 0 Å². The van der Waals surface area contributed by atoms with E-state index in [0.29, 0.717) is 5.92 Å². The van der Waals surface area contributed by atoms with E-state index in [1.807, 2.05) is 13.2 Å². The van der Waals surface area contributed by atoms with Gasteiger partial charge in [-0.3, -0.25) is 9.69 Å². The minimum Gasteiger partial charge on any atom is -0.355 e. The summed E-state index contributed by atoms with van der Waals surface area (Å²) in [5.41, 5.74) is 1.39. The number of benzene rings is 1. The molecule has 1 atom stereocenters. The van der Waals surface area contributed by atoms with Crippen LogP contribution in [-0.2, 0) is 11.3 Å². The lowest BCUT2D eigenvalue weighted by Crippen LogP contribution is -2.40. The van der Waals surface area contributed by atoms with Crippen molar-refractivity contribution in [2.24, 2.45) is 5.92 Å². The van der Waals surface area contributed by atoms with E-state index in [0.717, 1.165) is 26.2 Å². The Morgan fingerprint density at radius 1 is 1.33 bits per heavy atom. The fourth-order valence-corrected chi connectivity index (χ4v) is 2.98. The van der Waals surface area contributed by atoms with Gasteiger partial charge in [-0.1, -0.05) is 30.3 Å². The van der Waals surface area contributed by atoms with Gasteiger partial charge in [0, 0.05) is 13.1 Å². The van der Waals surface area contributed by atoms with Crippen molar-refractivity contribution in [2.45, 2.75) is 31.6 Å². The van der Waals surface area contributed by atoms with Crippen LogP contribution in [0.4, 0.5) is 0 Å². The summed E-state index contributed by atoms with van der Waals surface area (Å²) in [5, 5.41) is 3.15. The average Bonchev–Trinajstić information content (AvgIpc) is 2.54. The van der Waals surface area contributed by atoms with E-state index in [-0.39, 0.29) is 11.2 Å². The van der Waals surface area contributed by atoms with E-state index in [1.165, 1.54) is 18.4 Å². The molecule has 0 spiro atoms. The van der Waals surface area contributed by atoms with Crippen molar-refractivity contribution in [3.63, 3.8) is 0 Å². The van der Waals surface area contributed by atoms with Crippen molar-refractivity contribution in [1.82, 2.24) is 10.2 Å². The quantitative estimate of drug-likeness (QED) is 0.877. The third kappa shape index (κ3) is 5.36. The number of carbonyl (C=O) groups is 1. The van der Waals surface area contributed by atoms with Crippen LogP contribution in [0.5, 0.6) is 0 Å². The molecule has 1 amide bonds. The summed E-state index contributed by atoms with van der Waals surface area (Å²) in [6.07, 6.45) is 4.34. The number of amides is 1. The molecule has 1 aromatic carbocycles. The Balaban J connectivity index is 1.67. The lowest BCUT2D eigenvalue weighted by Gasteiger charge is -2.32.